The van der Waals surface area contributed by atoms with Crippen LogP contribution in [0, 0.1) is 11.8 Å². The number of benzene rings is 1. The van der Waals surface area contributed by atoms with Crippen LogP contribution in [0.3, 0.4) is 0 Å². The molecule has 1 heterocycles. The van der Waals surface area contributed by atoms with E-state index in [1.54, 1.807) is 0 Å². The van der Waals surface area contributed by atoms with Gasteiger partial charge >= 0.3 is 182 Å². The van der Waals surface area contributed by atoms with Gasteiger partial charge in [0, 0.05) is 0 Å². The van der Waals surface area contributed by atoms with Crippen LogP contribution in [-0.4, -0.2) is 68.8 Å². The van der Waals surface area contributed by atoms with Crippen molar-refractivity contribution in [2.24, 2.45) is 11.8 Å². The van der Waals surface area contributed by atoms with E-state index in [9.17, 15) is 0 Å². The van der Waals surface area contributed by atoms with Crippen molar-refractivity contribution in [3.05, 3.63) is 35.9 Å². The van der Waals surface area contributed by atoms with E-state index < -0.39 is 0 Å². The van der Waals surface area contributed by atoms with Crippen molar-refractivity contribution in [3.8, 4) is 0 Å². The summed E-state index contributed by atoms with van der Waals surface area (Å²) in [4.78, 5) is 2.65. The van der Waals surface area contributed by atoms with E-state index in [0.29, 0.717) is 24.4 Å². The first-order valence-corrected chi connectivity index (χ1v) is 14.2. The molecule has 1 saturated heterocycles. The normalized spacial score (nSPS) is 24.4. The number of likely N-dealkylation sites (tertiary alicyclic amines) is 1. The van der Waals surface area contributed by atoms with Crippen molar-refractivity contribution < 1.29 is 9.47 Å². The molecular weight excluding hydrogens is 437 g/mol. The summed E-state index contributed by atoms with van der Waals surface area (Å²) in [6.07, 6.45) is 6.62. The summed E-state index contributed by atoms with van der Waals surface area (Å²) in [5.74, 6) is 1.72. The molecule has 1 fully saturated rings. The minimum absolute atomic E-state index is 0.257. The zero-order valence-electron chi connectivity index (χ0n) is 18.2. The van der Waals surface area contributed by atoms with Crippen LogP contribution in [0.15, 0.2) is 30.3 Å². The molecule has 0 saturated carbocycles. The first-order chi connectivity index (χ1) is 13.1. The molecule has 1 aromatic carbocycles. The molecule has 0 N–H and O–H groups in total. The Labute approximate surface area is 181 Å². The molecule has 0 aromatic heterocycles. The summed E-state index contributed by atoms with van der Waals surface area (Å²) in [7, 11) is 3.69. The Bertz CT molecular complexity index is 512. The summed E-state index contributed by atoms with van der Waals surface area (Å²) in [6.45, 7) is 8.31. The third-order valence-electron chi connectivity index (χ3n) is 6.54. The predicted octanol–water partition coefficient (Wildman–Crippen LogP) is 4.18. The number of nitrogens with zero attached hydrogens (tertiary/aromatic N) is 1. The second-order valence-electron chi connectivity index (χ2n) is 8.54. The molecule has 1 aliphatic heterocycles. The van der Waals surface area contributed by atoms with Crippen LogP contribution in [0.4, 0.5) is 0 Å². The Morgan fingerprint density at radius 3 is 2.33 bits per heavy atom. The Kier molecular flexibility index (Phi) is 10.8. The summed E-state index contributed by atoms with van der Waals surface area (Å²) in [5.41, 5.74) is 1.44. The molecule has 1 aliphatic rings. The average Bonchev–Trinajstić information content (AvgIpc) is 2.68. The van der Waals surface area contributed by atoms with Crippen molar-refractivity contribution in [2.45, 2.75) is 68.4 Å². The molecule has 27 heavy (non-hydrogen) atoms. The molecule has 5 atom stereocenters. The first kappa shape index (κ1) is 23.3. The van der Waals surface area contributed by atoms with Gasteiger partial charge in [-0.15, -0.1) is 0 Å². The van der Waals surface area contributed by atoms with Gasteiger partial charge in [0.05, 0.1) is 0 Å². The van der Waals surface area contributed by atoms with Crippen molar-refractivity contribution in [1.82, 2.24) is 4.90 Å². The minimum atomic E-state index is 0.257. The molecule has 0 bridgehead atoms. The average molecular weight is 477 g/mol. The Morgan fingerprint density at radius 2 is 1.74 bits per heavy atom. The fourth-order valence-corrected chi connectivity index (χ4v) is 8.70. The molecule has 0 radical (unpaired) electrons. The van der Waals surface area contributed by atoms with Crippen molar-refractivity contribution in [3.63, 3.8) is 0 Å². The Hall–Kier alpha value is -0.0299. The fourth-order valence-electron chi connectivity index (χ4n) is 4.92. The summed E-state index contributed by atoms with van der Waals surface area (Å²) in [6, 6.07) is 10.9. The SMILES string of the molecule is CCCC(OC)C(CC[CH]([InH2])C1CCN(Cc2ccccc2)CC1C)OC. The second kappa shape index (κ2) is 12.5. The molecule has 2 rings (SSSR count). The molecule has 1 aromatic rings. The van der Waals surface area contributed by atoms with Crippen LogP contribution in [0.1, 0.15) is 51.5 Å². The van der Waals surface area contributed by atoms with Gasteiger partial charge in [-0.25, -0.2) is 0 Å². The van der Waals surface area contributed by atoms with E-state index in [-0.39, 0.29) is 12.2 Å². The quantitative estimate of drug-likeness (QED) is 0.478. The maximum absolute atomic E-state index is 5.79. The van der Waals surface area contributed by atoms with Crippen LogP contribution in [0.2, 0.25) is 3.67 Å². The van der Waals surface area contributed by atoms with Gasteiger partial charge in [-0.1, -0.05) is 0 Å². The third-order valence-corrected chi connectivity index (χ3v) is 10.6. The van der Waals surface area contributed by atoms with Gasteiger partial charge in [0.1, 0.15) is 0 Å². The van der Waals surface area contributed by atoms with Crippen LogP contribution in [-0.2, 0) is 16.0 Å². The number of piperidine rings is 1. The third kappa shape index (κ3) is 7.38. The van der Waals surface area contributed by atoms with Crippen molar-refractivity contribution in [1.29, 1.82) is 0 Å². The first-order valence-electron chi connectivity index (χ1n) is 10.9. The second-order valence-corrected chi connectivity index (χ2v) is 12.8. The van der Waals surface area contributed by atoms with Gasteiger partial charge in [0.25, 0.3) is 0 Å². The summed E-state index contributed by atoms with van der Waals surface area (Å²) >= 11 is 0.685. The molecular formula is C23H40InNO2. The number of methoxy groups -OCH3 is 2. The van der Waals surface area contributed by atoms with Gasteiger partial charge in [0.2, 0.25) is 0 Å². The zero-order valence-corrected chi connectivity index (χ0v) is 23.9. The number of ether oxygens (including phenoxy) is 2. The molecule has 0 spiro atoms. The van der Waals surface area contributed by atoms with Gasteiger partial charge in [-0.05, 0) is 0 Å². The van der Waals surface area contributed by atoms with E-state index in [4.69, 9.17) is 9.47 Å². The molecule has 3 nitrogen and oxygen atoms in total. The van der Waals surface area contributed by atoms with E-state index in [0.717, 1.165) is 41.3 Å². The molecule has 5 unspecified atom stereocenters. The van der Waals surface area contributed by atoms with Gasteiger partial charge in [0.15, 0.2) is 0 Å². The van der Waals surface area contributed by atoms with Crippen LogP contribution in [0.25, 0.3) is 0 Å². The van der Waals surface area contributed by atoms with Gasteiger partial charge in [-0.3, -0.25) is 0 Å². The van der Waals surface area contributed by atoms with E-state index in [2.05, 4.69) is 49.1 Å². The zero-order chi connectivity index (χ0) is 19.6. The van der Waals surface area contributed by atoms with Crippen molar-refractivity contribution in [2.75, 3.05) is 27.3 Å². The van der Waals surface area contributed by atoms with Crippen LogP contribution >= 0.6 is 0 Å². The van der Waals surface area contributed by atoms with E-state index in [1.165, 1.54) is 31.5 Å². The fraction of sp³-hybridized carbons (Fsp3) is 0.739. The molecule has 0 aliphatic carbocycles. The molecule has 4 heteroatoms. The number of hydrogen-bond acceptors (Lipinski definition) is 3. The Balaban J connectivity index is 1.80. The van der Waals surface area contributed by atoms with Gasteiger partial charge in [-0.2, -0.15) is 0 Å². The summed E-state index contributed by atoms with van der Waals surface area (Å²) in [5, 5.41) is 0. The van der Waals surface area contributed by atoms with Crippen LogP contribution in [0.5, 0.6) is 0 Å². The van der Waals surface area contributed by atoms with Gasteiger partial charge < -0.3 is 0 Å². The van der Waals surface area contributed by atoms with E-state index in [1.807, 2.05) is 14.2 Å². The Morgan fingerprint density at radius 1 is 1.07 bits per heavy atom. The molecule has 0 amide bonds. The molecule has 152 valence electrons. The van der Waals surface area contributed by atoms with Crippen molar-refractivity contribution >= 4 is 24.4 Å². The topological polar surface area (TPSA) is 21.7 Å². The number of hydrogen-bond donors (Lipinski definition) is 0. The van der Waals surface area contributed by atoms with Crippen LogP contribution < -0.4 is 0 Å². The monoisotopic (exact) mass is 477 g/mol. The maximum atomic E-state index is 5.79. The predicted molar refractivity (Wildman–Crippen MR) is 117 cm³/mol. The number of rotatable bonds is 11. The van der Waals surface area contributed by atoms with E-state index >= 15 is 0 Å². The standard InChI is InChI=1S/C23H38NO2.In.2H/c1-5-10-22(25-3)23(26-4)14-9-13-21-15-16-24(17-19(21)2)18-20-11-7-6-8-12-20;;;/h6-8,11-13,19,21-23H,5,9-10,14-18H2,1-4H3;;;. The summed E-state index contributed by atoms with van der Waals surface area (Å²) < 4.78 is 12.4.